The van der Waals surface area contributed by atoms with E-state index < -0.39 is 15.9 Å². The average Bonchev–Trinajstić information content (AvgIpc) is 1.82. The molecule has 1 atom stereocenters. The van der Waals surface area contributed by atoms with Gasteiger partial charge >= 0.3 is 5.97 Å². The van der Waals surface area contributed by atoms with Gasteiger partial charge in [-0.15, -0.1) is 0 Å². The molecule has 0 saturated heterocycles. The van der Waals surface area contributed by atoms with Crippen molar-refractivity contribution in [3.63, 3.8) is 0 Å². The summed E-state index contributed by atoms with van der Waals surface area (Å²) >= 11 is 3.04. The SMILES string of the molecule is CC(=O)C(C)(Br)C(=O)OC(C)(C)C. The van der Waals surface area contributed by atoms with E-state index in [0.717, 1.165) is 0 Å². The van der Waals surface area contributed by atoms with Crippen molar-refractivity contribution in [1.29, 1.82) is 0 Å². The van der Waals surface area contributed by atoms with Crippen molar-refractivity contribution in [3.8, 4) is 0 Å². The highest BCUT2D eigenvalue weighted by atomic mass is 79.9. The number of rotatable bonds is 2. The minimum atomic E-state index is -1.22. The summed E-state index contributed by atoms with van der Waals surface area (Å²) in [6.45, 7) is 8.11. The summed E-state index contributed by atoms with van der Waals surface area (Å²) in [5.74, 6) is -0.811. The molecule has 3 nitrogen and oxygen atoms in total. The second-order valence-electron chi connectivity index (χ2n) is 4.06. The molecule has 4 heteroatoms. The zero-order valence-electron chi connectivity index (χ0n) is 8.60. The molecule has 0 aromatic heterocycles. The molecule has 13 heavy (non-hydrogen) atoms. The molecular weight excluding hydrogens is 236 g/mol. The van der Waals surface area contributed by atoms with E-state index in [0.29, 0.717) is 0 Å². The van der Waals surface area contributed by atoms with Crippen LogP contribution in [0.1, 0.15) is 34.6 Å². The largest absolute Gasteiger partial charge is 0.459 e. The van der Waals surface area contributed by atoms with Crippen molar-refractivity contribution in [2.45, 2.75) is 44.5 Å². The monoisotopic (exact) mass is 250 g/mol. The van der Waals surface area contributed by atoms with Gasteiger partial charge in [0.05, 0.1) is 0 Å². The fourth-order valence-electron chi connectivity index (χ4n) is 0.518. The van der Waals surface area contributed by atoms with Gasteiger partial charge in [0, 0.05) is 0 Å². The highest BCUT2D eigenvalue weighted by Gasteiger charge is 2.38. The minimum Gasteiger partial charge on any atom is -0.459 e. The number of ketones is 1. The summed E-state index contributed by atoms with van der Waals surface area (Å²) in [5, 5.41) is 0. The lowest BCUT2D eigenvalue weighted by atomic mass is 10.1. The lowest BCUT2D eigenvalue weighted by Crippen LogP contribution is -2.41. The molecule has 0 fully saturated rings. The Kier molecular flexibility index (Phi) is 3.67. The average molecular weight is 251 g/mol. The van der Waals surface area contributed by atoms with Crippen molar-refractivity contribution in [3.05, 3.63) is 0 Å². The molecule has 0 heterocycles. The van der Waals surface area contributed by atoms with Crippen LogP contribution in [-0.4, -0.2) is 21.7 Å². The molecular formula is C9H15BrO3. The molecule has 0 N–H and O–H groups in total. The second kappa shape index (κ2) is 3.78. The first-order chi connectivity index (χ1) is 5.57. The standard InChI is InChI=1S/C9H15BrO3/c1-6(11)9(5,10)7(12)13-8(2,3)4/h1-5H3. The quantitative estimate of drug-likeness (QED) is 0.428. The predicted molar refractivity (Wildman–Crippen MR) is 53.9 cm³/mol. The van der Waals surface area contributed by atoms with Gasteiger partial charge in [0.2, 0.25) is 0 Å². The van der Waals surface area contributed by atoms with E-state index in [1.807, 2.05) is 0 Å². The first-order valence-corrected chi connectivity index (χ1v) is 4.80. The van der Waals surface area contributed by atoms with Crippen molar-refractivity contribution < 1.29 is 14.3 Å². The molecule has 1 unspecified atom stereocenters. The lowest BCUT2D eigenvalue weighted by molar-refractivity contribution is -0.158. The number of hydrogen-bond acceptors (Lipinski definition) is 3. The Hall–Kier alpha value is -0.380. The zero-order valence-corrected chi connectivity index (χ0v) is 10.2. The summed E-state index contributed by atoms with van der Waals surface area (Å²) in [6, 6.07) is 0. The van der Waals surface area contributed by atoms with Crippen LogP contribution in [0.15, 0.2) is 0 Å². The Morgan fingerprint density at radius 1 is 1.15 bits per heavy atom. The van der Waals surface area contributed by atoms with Crippen molar-refractivity contribution in [2.75, 3.05) is 0 Å². The van der Waals surface area contributed by atoms with Crippen LogP contribution in [0.2, 0.25) is 0 Å². The molecule has 0 saturated carbocycles. The highest BCUT2D eigenvalue weighted by molar-refractivity contribution is 9.10. The van der Waals surface area contributed by atoms with Crippen molar-refractivity contribution >= 4 is 27.7 Å². The van der Waals surface area contributed by atoms with Gasteiger partial charge in [0.25, 0.3) is 0 Å². The van der Waals surface area contributed by atoms with Crippen molar-refractivity contribution in [2.24, 2.45) is 0 Å². The van der Waals surface area contributed by atoms with Gasteiger partial charge in [0.1, 0.15) is 5.60 Å². The first-order valence-electron chi connectivity index (χ1n) is 4.01. The third-order valence-corrected chi connectivity index (χ3v) is 2.33. The van der Waals surface area contributed by atoms with Gasteiger partial charge in [-0.05, 0) is 34.6 Å². The third-order valence-electron chi connectivity index (χ3n) is 1.44. The van der Waals surface area contributed by atoms with E-state index in [2.05, 4.69) is 15.9 Å². The predicted octanol–water partition coefficient (Wildman–Crippen LogP) is 2.07. The molecule has 0 spiro atoms. The van der Waals surface area contributed by atoms with Crippen molar-refractivity contribution in [1.82, 2.24) is 0 Å². The topological polar surface area (TPSA) is 43.4 Å². The van der Waals surface area contributed by atoms with Crippen LogP contribution in [-0.2, 0) is 14.3 Å². The van der Waals surface area contributed by atoms with Crippen LogP contribution in [0.25, 0.3) is 0 Å². The first kappa shape index (κ1) is 12.6. The van der Waals surface area contributed by atoms with E-state index >= 15 is 0 Å². The number of halogens is 1. The van der Waals surface area contributed by atoms with Crippen LogP contribution in [0, 0.1) is 0 Å². The fourth-order valence-corrected chi connectivity index (χ4v) is 0.599. The second-order valence-corrected chi connectivity index (χ2v) is 5.65. The number of Topliss-reactive ketones (excluding diaryl/α,β-unsaturated/α-hetero) is 1. The minimum absolute atomic E-state index is 0.262. The van der Waals surface area contributed by atoms with Gasteiger partial charge in [0.15, 0.2) is 10.1 Å². The van der Waals surface area contributed by atoms with Crippen LogP contribution in [0.5, 0.6) is 0 Å². The van der Waals surface area contributed by atoms with E-state index in [1.54, 1.807) is 20.8 Å². The maximum absolute atomic E-state index is 11.4. The number of carbonyl (C=O) groups excluding carboxylic acids is 2. The summed E-state index contributed by atoms with van der Waals surface area (Å²) in [6.07, 6.45) is 0. The lowest BCUT2D eigenvalue weighted by Gasteiger charge is -2.25. The van der Waals surface area contributed by atoms with E-state index in [-0.39, 0.29) is 5.78 Å². The van der Waals surface area contributed by atoms with E-state index in [4.69, 9.17) is 4.74 Å². The molecule has 0 aromatic rings. The number of alkyl halides is 1. The van der Waals surface area contributed by atoms with Crippen LogP contribution in [0.4, 0.5) is 0 Å². The molecule has 0 radical (unpaired) electrons. The van der Waals surface area contributed by atoms with E-state index in [1.165, 1.54) is 13.8 Å². The Labute approximate surface area is 87.0 Å². The number of carbonyl (C=O) groups is 2. The smallest absolute Gasteiger partial charge is 0.330 e. The number of esters is 1. The highest BCUT2D eigenvalue weighted by Crippen LogP contribution is 2.23. The normalized spacial score (nSPS) is 16.2. The molecule has 76 valence electrons. The fraction of sp³-hybridized carbons (Fsp3) is 0.778. The third kappa shape index (κ3) is 3.89. The van der Waals surface area contributed by atoms with Gasteiger partial charge < -0.3 is 4.74 Å². The molecule has 0 rings (SSSR count). The number of ether oxygens (including phenoxy) is 1. The maximum Gasteiger partial charge on any atom is 0.330 e. The molecule has 0 aliphatic heterocycles. The Bertz CT molecular complexity index is 226. The Balaban J connectivity index is 4.53. The Morgan fingerprint density at radius 3 is 1.77 bits per heavy atom. The molecule has 0 bridgehead atoms. The summed E-state index contributed by atoms with van der Waals surface area (Å²) < 4.78 is 3.84. The van der Waals surface area contributed by atoms with E-state index in [9.17, 15) is 9.59 Å². The van der Waals surface area contributed by atoms with Crippen LogP contribution in [0.3, 0.4) is 0 Å². The maximum atomic E-state index is 11.4. The van der Waals surface area contributed by atoms with Gasteiger partial charge in [-0.3, -0.25) is 9.59 Å². The van der Waals surface area contributed by atoms with Crippen LogP contribution < -0.4 is 0 Å². The summed E-state index contributed by atoms with van der Waals surface area (Å²) in [4.78, 5) is 22.5. The summed E-state index contributed by atoms with van der Waals surface area (Å²) in [5.41, 5.74) is -0.568. The van der Waals surface area contributed by atoms with Gasteiger partial charge in [-0.25, -0.2) is 0 Å². The zero-order chi connectivity index (χ0) is 10.9. The number of hydrogen-bond donors (Lipinski definition) is 0. The van der Waals surface area contributed by atoms with Gasteiger partial charge in [-0.2, -0.15) is 0 Å². The molecule has 0 amide bonds. The Morgan fingerprint density at radius 2 is 1.54 bits per heavy atom. The molecule has 0 aliphatic rings. The van der Waals surface area contributed by atoms with Gasteiger partial charge in [-0.1, -0.05) is 15.9 Å². The molecule has 0 aliphatic carbocycles. The van der Waals surface area contributed by atoms with Crippen LogP contribution >= 0.6 is 15.9 Å². The molecule has 0 aromatic carbocycles. The summed E-state index contributed by atoms with van der Waals surface area (Å²) in [7, 11) is 0.